The van der Waals surface area contributed by atoms with Gasteiger partial charge in [-0.15, -0.1) is 0 Å². The SMILES string of the molecule is CCCCCCOc1c(-c2ccc(OC)c(OC)c2)oc2ccccc2c1=O. The van der Waals surface area contributed by atoms with Crippen LogP contribution in [0.5, 0.6) is 17.2 Å². The normalized spacial score (nSPS) is 10.8. The van der Waals surface area contributed by atoms with Crippen LogP contribution in [0.15, 0.2) is 51.7 Å². The molecule has 1 aromatic heterocycles. The summed E-state index contributed by atoms with van der Waals surface area (Å²) >= 11 is 0. The fraction of sp³-hybridized carbons (Fsp3) is 0.348. The minimum absolute atomic E-state index is 0.165. The van der Waals surface area contributed by atoms with E-state index in [9.17, 15) is 4.79 Å². The van der Waals surface area contributed by atoms with Crippen LogP contribution < -0.4 is 19.6 Å². The van der Waals surface area contributed by atoms with Crippen LogP contribution in [-0.4, -0.2) is 20.8 Å². The molecule has 0 amide bonds. The topological polar surface area (TPSA) is 57.9 Å². The third-order valence-electron chi connectivity index (χ3n) is 4.65. The molecule has 0 aliphatic heterocycles. The molecule has 3 aromatic rings. The summed E-state index contributed by atoms with van der Waals surface area (Å²) in [5.74, 6) is 1.81. The third kappa shape index (κ3) is 4.14. The van der Waals surface area contributed by atoms with Crippen molar-refractivity contribution in [1.29, 1.82) is 0 Å². The Hall–Kier alpha value is -2.95. The van der Waals surface area contributed by atoms with Gasteiger partial charge < -0.3 is 18.6 Å². The monoisotopic (exact) mass is 382 g/mol. The van der Waals surface area contributed by atoms with Crippen molar-refractivity contribution in [3.8, 4) is 28.6 Å². The van der Waals surface area contributed by atoms with Gasteiger partial charge in [-0.3, -0.25) is 4.79 Å². The van der Waals surface area contributed by atoms with Crippen molar-refractivity contribution >= 4 is 11.0 Å². The fourth-order valence-corrected chi connectivity index (χ4v) is 3.13. The first-order valence-electron chi connectivity index (χ1n) is 9.60. The third-order valence-corrected chi connectivity index (χ3v) is 4.65. The summed E-state index contributed by atoms with van der Waals surface area (Å²) < 4.78 is 22.7. The van der Waals surface area contributed by atoms with Crippen molar-refractivity contribution < 1.29 is 18.6 Å². The summed E-state index contributed by atoms with van der Waals surface area (Å²) in [5, 5.41) is 0.510. The lowest BCUT2D eigenvalue weighted by Crippen LogP contribution is -2.11. The van der Waals surface area contributed by atoms with Crippen molar-refractivity contribution in [1.82, 2.24) is 0 Å². The van der Waals surface area contributed by atoms with E-state index in [2.05, 4.69) is 6.92 Å². The van der Waals surface area contributed by atoms with Gasteiger partial charge in [0.05, 0.1) is 26.2 Å². The number of hydrogen-bond donors (Lipinski definition) is 0. The summed E-state index contributed by atoms with van der Waals surface area (Å²) in [5.41, 5.74) is 1.06. The first-order chi connectivity index (χ1) is 13.7. The van der Waals surface area contributed by atoms with E-state index in [1.54, 1.807) is 38.5 Å². The highest BCUT2D eigenvalue weighted by Crippen LogP contribution is 2.36. The predicted molar refractivity (Wildman–Crippen MR) is 111 cm³/mol. The smallest absolute Gasteiger partial charge is 0.235 e. The second-order valence-corrected chi connectivity index (χ2v) is 6.56. The minimum Gasteiger partial charge on any atom is -0.493 e. The van der Waals surface area contributed by atoms with Gasteiger partial charge in [0.1, 0.15) is 5.58 Å². The Balaban J connectivity index is 2.06. The molecule has 0 fully saturated rings. The van der Waals surface area contributed by atoms with E-state index >= 15 is 0 Å². The molecule has 0 atom stereocenters. The highest BCUT2D eigenvalue weighted by Gasteiger charge is 2.19. The maximum absolute atomic E-state index is 13.1. The fourth-order valence-electron chi connectivity index (χ4n) is 3.13. The highest BCUT2D eigenvalue weighted by molar-refractivity contribution is 5.82. The van der Waals surface area contributed by atoms with E-state index in [4.69, 9.17) is 18.6 Å². The Morgan fingerprint density at radius 1 is 0.929 bits per heavy atom. The quantitative estimate of drug-likeness (QED) is 0.462. The highest BCUT2D eigenvalue weighted by atomic mass is 16.5. The van der Waals surface area contributed by atoms with E-state index in [1.807, 2.05) is 18.2 Å². The molecule has 0 spiro atoms. The number of methoxy groups -OCH3 is 2. The van der Waals surface area contributed by atoms with Gasteiger partial charge in [-0.25, -0.2) is 0 Å². The maximum Gasteiger partial charge on any atom is 0.235 e. The minimum atomic E-state index is -0.165. The summed E-state index contributed by atoms with van der Waals surface area (Å²) in [6, 6.07) is 12.6. The molecule has 0 unspecified atom stereocenters. The van der Waals surface area contributed by atoms with E-state index in [0.29, 0.717) is 40.4 Å². The number of rotatable bonds is 9. The summed E-state index contributed by atoms with van der Waals surface area (Å²) in [7, 11) is 3.15. The molecule has 0 aliphatic carbocycles. The molecule has 0 saturated heterocycles. The lowest BCUT2D eigenvalue weighted by Gasteiger charge is -2.13. The second kappa shape index (κ2) is 9.31. The van der Waals surface area contributed by atoms with Crippen LogP contribution in [0.2, 0.25) is 0 Å². The first kappa shape index (κ1) is 19.8. The van der Waals surface area contributed by atoms with E-state index < -0.39 is 0 Å². The average Bonchev–Trinajstić information content (AvgIpc) is 2.74. The Morgan fingerprint density at radius 3 is 2.46 bits per heavy atom. The number of fused-ring (bicyclic) bond motifs is 1. The lowest BCUT2D eigenvalue weighted by molar-refractivity contribution is 0.297. The second-order valence-electron chi connectivity index (χ2n) is 6.56. The molecule has 3 rings (SSSR count). The predicted octanol–water partition coefficient (Wildman–Crippen LogP) is 5.44. The van der Waals surface area contributed by atoms with Gasteiger partial charge in [-0.2, -0.15) is 0 Å². The number of ether oxygens (including phenoxy) is 3. The van der Waals surface area contributed by atoms with Crippen LogP contribution in [-0.2, 0) is 0 Å². The van der Waals surface area contributed by atoms with Gasteiger partial charge in [-0.05, 0) is 36.8 Å². The van der Waals surface area contributed by atoms with Gasteiger partial charge in [-0.1, -0.05) is 38.3 Å². The zero-order chi connectivity index (χ0) is 19.9. The Kier molecular flexibility index (Phi) is 6.58. The van der Waals surface area contributed by atoms with Crippen LogP contribution in [0.25, 0.3) is 22.3 Å². The average molecular weight is 382 g/mol. The Bertz CT molecular complexity index is 990. The van der Waals surface area contributed by atoms with E-state index in [-0.39, 0.29) is 11.2 Å². The Morgan fingerprint density at radius 2 is 1.71 bits per heavy atom. The number of unbranched alkanes of at least 4 members (excludes halogenated alkanes) is 3. The van der Waals surface area contributed by atoms with Crippen LogP contribution >= 0.6 is 0 Å². The van der Waals surface area contributed by atoms with Crippen LogP contribution in [0, 0.1) is 0 Å². The summed E-state index contributed by atoms with van der Waals surface area (Å²) in [6.45, 7) is 2.64. The molecule has 2 aromatic carbocycles. The molecule has 0 aliphatic rings. The van der Waals surface area contributed by atoms with Gasteiger partial charge in [0.25, 0.3) is 0 Å². The largest absolute Gasteiger partial charge is 0.493 e. The molecule has 0 bridgehead atoms. The first-order valence-corrected chi connectivity index (χ1v) is 9.60. The zero-order valence-corrected chi connectivity index (χ0v) is 16.6. The Labute approximate surface area is 164 Å². The molecule has 5 heteroatoms. The van der Waals surface area contributed by atoms with Gasteiger partial charge in [0.2, 0.25) is 11.2 Å². The number of para-hydroxylation sites is 1. The van der Waals surface area contributed by atoms with Crippen LogP contribution in [0.3, 0.4) is 0 Å². The number of hydrogen-bond acceptors (Lipinski definition) is 5. The van der Waals surface area contributed by atoms with Crippen molar-refractivity contribution in [2.75, 3.05) is 20.8 Å². The summed E-state index contributed by atoms with van der Waals surface area (Å²) in [4.78, 5) is 13.1. The van der Waals surface area contributed by atoms with Gasteiger partial charge >= 0.3 is 0 Å². The molecule has 28 heavy (non-hydrogen) atoms. The molecular weight excluding hydrogens is 356 g/mol. The van der Waals surface area contributed by atoms with Gasteiger partial charge in [0.15, 0.2) is 17.3 Å². The van der Waals surface area contributed by atoms with E-state index in [1.165, 1.54) is 0 Å². The standard InChI is InChI=1S/C23H26O5/c1-4-5-6-9-14-27-23-21(24)17-10-7-8-11-18(17)28-22(23)16-12-13-19(25-2)20(15-16)26-3/h7-8,10-13,15H,4-6,9,14H2,1-3H3. The van der Waals surface area contributed by atoms with E-state index in [0.717, 1.165) is 25.7 Å². The van der Waals surface area contributed by atoms with Crippen molar-refractivity contribution in [3.05, 3.63) is 52.7 Å². The number of benzene rings is 2. The molecule has 148 valence electrons. The van der Waals surface area contributed by atoms with Crippen LogP contribution in [0.4, 0.5) is 0 Å². The molecule has 1 heterocycles. The molecule has 5 nitrogen and oxygen atoms in total. The van der Waals surface area contributed by atoms with Crippen LogP contribution in [0.1, 0.15) is 32.6 Å². The lowest BCUT2D eigenvalue weighted by atomic mass is 10.1. The van der Waals surface area contributed by atoms with Crippen molar-refractivity contribution in [3.63, 3.8) is 0 Å². The van der Waals surface area contributed by atoms with Crippen molar-refractivity contribution in [2.24, 2.45) is 0 Å². The maximum atomic E-state index is 13.1. The molecular formula is C23H26O5. The summed E-state index contributed by atoms with van der Waals surface area (Å²) in [6.07, 6.45) is 4.26. The molecule has 0 N–H and O–H groups in total. The van der Waals surface area contributed by atoms with Gasteiger partial charge in [0, 0.05) is 5.56 Å². The molecule has 0 saturated carbocycles. The van der Waals surface area contributed by atoms with Crippen molar-refractivity contribution in [2.45, 2.75) is 32.6 Å². The molecule has 0 radical (unpaired) electrons. The zero-order valence-electron chi connectivity index (χ0n) is 16.6.